The van der Waals surface area contributed by atoms with E-state index in [1.54, 1.807) is 22.7 Å². The second kappa shape index (κ2) is 19.7. The average Bonchev–Trinajstić information content (AvgIpc) is 4.10. The van der Waals surface area contributed by atoms with Gasteiger partial charge in [-0.1, -0.05) is 74.0 Å². The van der Waals surface area contributed by atoms with Crippen molar-refractivity contribution in [3.05, 3.63) is 154 Å². The van der Waals surface area contributed by atoms with Crippen molar-refractivity contribution in [3.8, 4) is 39.7 Å². The van der Waals surface area contributed by atoms with Gasteiger partial charge in [0.1, 0.15) is 5.58 Å². The van der Waals surface area contributed by atoms with Gasteiger partial charge in [-0.2, -0.15) is 0 Å². The highest BCUT2D eigenvalue weighted by Gasteiger charge is 2.45. The molecule has 0 unspecified atom stereocenters. The molecule has 5 aromatic heterocycles. The molecule has 11 heteroatoms. The second-order valence-corrected chi connectivity index (χ2v) is 22.0. The molecule has 0 aliphatic rings. The van der Waals surface area contributed by atoms with E-state index >= 15 is 0 Å². The second-order valence-electron chi connectivity index (χ2n) is 14.9. The van der Waals surface area contributed by atoms with E-state index in [4.69, 9.17) is 17.7 Å². The molecule has 6 nitrogen and oxygen atoms in total. The Hall–Kier alpha value is -4.43. The first-order chi connectivity index (χ1) is 29.8. The van der Waals surface area contributed by atoms with Crippen LogP contribution < -0.4 is 15.0 Å². The minimum Gasteiger partial charge on any atom is -0.422 e. The van der Waals surface area contributed by atoms with Crippen LogP contribution in [0.3, 0.4) is 0 Å². The minimum atomic E-state index is -2.99. The summed E-state index contributed by atoms with van der Waals surface area (Å²) in [4.78, 5) is 24.4. The van der Waals surface area contributed by atoms with Crippen LogP contribution in [-0.4, -0.2) is 28.6 Å². The summed E-state index contributed by atoms with van der Waals surface area (Å²) in [7, 11) is -2.99. The molecule has 5 heterocycles. The maximum atomic E-state index is 13.7. The summed E-state index contributed by atoms with van der Waals surface area (Å²) in [6.07, 6.45) is 3.27. The van der Waals surface area contributed by atoms with Crippen LogP contribution in [0, 0.1) is 6.92 Å². The molecular formula is C50H51NO5S4Si. The van der Waals surface area contributed by atoms with Crippen molar-refractivity contribution in [1.82, 2.24) is 0 Å². The average molecular weight is 902 g/mol. The third-order valence-electron chi connectivity index (χ3n) is 10.5. The zero-order chi connectivity index (χ0) is 42.3. The van der Waals surface area contributed by atoms with E-state index in [0.29, 0.717) is 31.0 Å². The van der Waals surface area contributed by atoms with Crippen LogP contribution >= 0.6 is 45.3 Å². The topological polar surface area (TPSA) is 61.1 Å². The van der Waals surface area contributed by atoms with E-state index in [9.17, 15) is 4.79 Å². The third-order valence-corrected chi connectivity index (χ3v) is 19.3. The Bertz CT molecular complexity index is 2690. The highest BCUT2D eigenvalue weighted by atomic mass is 32.1. The van der Waals surface area contributed by atoms with Crippen LogP contribution in [0.15, 0.2) is 131 Å². The molecule has 0 radical (unpaired) electrons. The Morgan fingerprint density at radius 1 is 0.607 bits per heavy atom. The van der Waals surface area contributed by atoms with Crippen molar-refractivity contribution in [1.29, 1.82) is 0 Å². The van der Waals surface area contributed by atoms with Crippen molar-refractivity contribution < 1.29 is 17.7 Å². The number of hydrogen-bond donors (Lipinski definition) is 0. The minimum absolute atomic E-state index is 0.326. The lowest BCUT2D eigenvalue weighted by molar-refractivity contribution is 0.0866. The Balaban J connectivity index is 1.07. The Labute approximate surface area is 376 Å². The molecule has 61 heavy (non-hydrogen) atoms. The smallest absolute Gasteiger partial charge is 0.422 e. The maximum Gasteiger partial charge on any atom is 0.547 e. The van der Waals surface area contributed by atoms with Gasteiger partial charge in [0.25, 0.3) is 0 Å². The van der Waals surface area contributed by atoms with Gasteiger partial charge < -0.3 is 22.6 Å². The van der Waals surface area contributed by atoms with Crippen LogP contribution in [-0.2, 0) is 32.8 Å². The van der Waals surface area contributed by atoms with Crippen LogP contribution in [0.1, 0.15) is 62.8 Å². The first-order valence-corrected chi connectivity index (χ1v) is 26.1. The summed E-state index contributed by atoms with van der Waals surface area (Å²) in [5, 5.41) is 0.899. The predicted octanol–water partition coefficient (Wildman–Crippen LogP) is 13.8. The molecule has 0 aliphatic carbocycles. The van der Waals surface area contributed by atoms with Gasteiger partial charge >= 0.3 is 14.4 Å². The van der Waals surface area contributed by atoms with Crippen molar-refractivity contribution in [3.63, 3.8) is 0 Å². The molecule has 0 amide bonds. The van der Waals surface area contributed by atoms with E-state index in [-0.39, 0.29) is 5.63 Å². The van der Waals surface area contributed by atoms with Gasteiger partial charge in [0.2, 0.25) is 0 Å². The van der Waals surface area contributed by atoms with Crippen molar-refractivity contribution in [2.24, 2.45) is 0 Å². The number of benzene rings is 3. The number of aryl methyl sites for hydroxylation is 2. The van der Waals surface area contributed by atoms with Gasteiger partial charge in [0.05, 0.1) is 10.1 Å². The van der Waals surface area contributed by atoms with Crippen molar-refractivity contribution >= 4 is 75.3 Å². The summed E-state index contributed by atoms with van der Waals surface area (Å²) >= 11 is 7.08. The Morgan fingerprint density at radius 3 is 1.90 bits per heavy atom. The molecule has 0 saturated carbocycles. The molecule has 8 rings (SSSR count). The summed E-state index contributed by atoms with van der Waals surface area (Å²) in [6, 6.07) is 42.4. The van der Waals surface area contributed by atoms with Gasteiger partial charge in [0, 0.05) is 84.2 Å². The van der Waals surface area contributed by atoms with Crippen molar-refractivity contribution in [2.45, 2.75) is 67.0 Å². The summed E-state index contributed by atoms with van der Waals surface area (Å²) in [6.45, 7) is 13.5. The zero-order valence-corrected chi connectivity index (χ0v) is 39.6. The quantitative estimate of drug-likeness (QED) is 0.0595. The number of unbranched alkanes of at least 4 members (excludes halogenated alkanes) is 1. The highest BCUT2D eigenvalue weighted by Crippen LogP contribution is 2.47. The van der Waals surface area contributed by atoms with Crippen LogP contribution in [0.5, 0.6) is 0 Å². The van der Waals surface area contributed by atoms with E-state index in [1.165, 1.54) is 46.6 Å². The van der Waals surface area contributed by atoms with Gasteiger partial charge in [-0.15, -0.1) is 45.3 Å². The molecule has 0 fully saturated rings. The predicted molar refractivity (Wildman–Crippen MR) is 262 cm³/mol. The highest BCUT2D eigenvalue weighted by molar-refractivity contribution is 7.31. The third kappa shape index (κ3) is 9.65. The fourth-order valence-corrected chi connectivity index (χ4v) is 15.6. The molecule has 0 saturated heterocycles. The summed E-state index contributed by atoms with van der Waals surface area (Å²) in [5.74, 6) is 0. The first-order valence-electron chi connectivity index (χ1n) is 21.1. The maximum absolute atomic E-state index is 13.7. The Kier molecular flexibility index (Phi) is 14.0. The summed E-state index contributed by atoms with van der Waals surface area (Å²) < 4.78 is 25.9. The molecule has 0 atom stereocenters. The van der Waals surface area contributed by atoms with Crippen molar-refractivity contribution in [2.75, 3.05) is 24.7 Å². The van der Waals surface area contributed by atoms with Gasteiger partial charge in [-0.25, -0.2) is 4.79 Å². The fraction of sp³-hybridized carbons (Fsp3) is 0.260. The molecule has 0 N–H and O–H groups in total. The lowest BCUT2D eigenvalue weighted by atomic mass is 10.1. The number of hydrogen-bond acceptors (Lipinski definition) is 10. The van der Waals surface area contributed by atoms with E-state index in [0.717, 1.165) is 57.7 Å². The largest absolute Gasteiger partial charge is 0.547 e. The number of nitrogens with zero attached hydrogens (tertiary/aromatic N) is 1. The van der Waals surface area contributed by atoms with Crippen LogP contribution in [0.25, 0.3) is 50.7 Å². The molecular weight excluding hydrogens is 851 g/mol. The zero-order valence-electron chi connectivity index (χ0n) is 35.3. The van der Waals surface area contributed by atoms with E-state index in [2.05, 4.69) is 116 Å². The SMILES string of the molecule is CCCCc1cc(-c2ccc(-c3cc4ccc(N(Cc5ccccc5)Cc5ccccc5)cc4oc3=O)s2)sc1-c1cc(C)c(-c2ccc([Si](OCC)(OCC)OCC)s2)s1. The molecule has 8 aromatic rings. The number of rotatable bonds is 19. The molecule has 0 spiro atoms. The number of thiophene rings is 4. The van der Waals surface area contributed by atoms with Crippen LogP contribution in [0.2, 0.25) is 0 Å². The monoisotopic (exact) mass is 901 g/mol. The lowest BCUT2D eigenvalue weighted by Crippen LogP contribution is -2.55. The summed E-state index contributed by atoms with van der Waals surface area (Å²) in [5.41, 5.74) is 6.92. The van der Waals surface area contributed by atoms with E-state index in [1.807, 2.05) is 67.7 Å². The van der Waals surface area contributed by atoms with Gasteiger partial charge in [-0.3, -0.25) is 0 Å². The Morgan fingerprint density at radius 2 is 1.25 bits per heavy atom. The standard InChI is InChI=1S/C50H51NO5S4Si/c1-6-10-21-38-30-45(59-49(38)46-28-34(5)48(60-46)44-26-27-47(58-44)61(53-7-2,54-8-3)55-9-4)43-25-24-42(57-43)40-29-37-22-23-39(31-41(37)56-50(40)52)51(32-35-17-13-11-14-18-35)33-36-19-15-12-16-20-36/h11-20,22-31H,6-10,21,32-33H2,1-5H3. The first kappa shape index (κ1) is 43.2. The molecule has 314 valence electrons. The normalized spacial score (nSPS) is 11.8. The number of anilines is 1. The molecule has 0 bridgehead atoms. The van der Waals surface area contributed by atoms with Crippen LogP contribution in [0.4, 0.5) is 5.69 Å². The van der Waals surface area contributed by atoms with Gasteiger partial charge in [-0.05, 0) is 117 Å². The van der Waals surface area contributed by atoms with E-state index < -0.39 is 8.80 Å². The lowest BCUT2D eigenvalue weighted by Gasteiger charge is -2.27. The fourth-order valence-electron chi connectivity index (χ4n) is 7.61. The number of fused-ring (bicyclic) bond motifs is 1. The molecule has 3 aromatic carbocycles. The van der Waals surface area contributed by atoms with Gasteiger partial charge in [0.15, 0.2) is 0 Å². The molecule has 0 aliphatic heterocycles.